The smallest absolute Gasteiger partial charge is 0.278 e. The molecule has 1 heterocycles. The van der Waals surface area contributed by atoms with Crippen molar-refractivity contribution in [1.82, 2.24) is 5.06 Å². The Bertz CT molecular complexity index is 205. The molecule has 1 aliphatic heterocycles. The van der Waals surface area contributed by atoms with E-state index in [0.717, 1.165) is 19.3 Å². The van der Waals surface area contributed by atoms with Crippen LogP contribution < -0.4 is 0 Å². The van der Waals surface area contributed by atoms with Crippen LogP contribution in [0.3, 0.4) is 0 Å². The summed E-state index contributed by atoms with van der Waals surface area (Å²) < 4.78 is 0. The quantitative estimate of drug-likeness (QED) is 0.645. The molecule has 0 atom stereocenters. The Balaban J connectivity index is 2.02. The second-order valence-corrected chi connectivity index (χ2v) is 3.83. The Hall–Kier alpha value is -0.610. The van der Waals surface area contributed by atoms with E-state index < -0.39 is 5.60 Å². The van der Waals surface area contributed by atoms with Gasteiger partial charge in [-0.1, -0.05) is 0 Å². The molecule has 2 fully saturated rings. The predicted octanol–water partition coefficient (Wildman–Crippen LogP) is 0.455. The van der Waals surface area contributed by atoms with Crippen LogP contribution in [-0.2, 0) is 9.63 Å². The molecule has 74 valence electrons. The summed E-state index contributed by atoms with van der Waals surface area (Å²) in [6, 6.07) is 0. The van der Waals surface area contributed by atoms with Gasteiger partial charge in [-0.25, -0.2) is 5.06 Å². The van der Waals surface area contributed by atoms with Crippen molar-refractivity contribution < 1.29 is 14.7 Å². The molecule has 1 saturated heterocycles. The van der Waals surface area contributed by atoms with E-state index in [2.05, 4.69) is 0 Å². The van der Waals surface area contributed by atoms with Gasteiger partial charge in [0, 0.05) is 0 Å². The average molecular weight is 185 g/mol. The van der Waals surface area contributed by atoms with Gasteiger partial charge < -0.3 is 5.11 Å². The van der Waals surface area contributed by atoms with Gasteiger partial charge >= 0.3 is 0 Å². The molecule has 0 aromatic rings. The van der Waals surface area contributed by atoms with Crippen molar-refractivity contribution in [3.8, 4) is 0 Å². The third kappa shape index (κ3) is 1.56. The normalized spacial score (nSPS) is 26.7. The first-order chi connectivity index (χ1) is 6.22. The molecule has 1 N–H and O–H groups in total. The van der Waals surface area contributed by atoms with Gasteiger partial charge in [0.25, 0.3) is 5.91 Å². The Kier molecular flexibility index (Phi) is 2.26. The molecule has 0 spiro atoms. The summed E-state index contributed by atoms with van der Waals surface area (Å²) in [6.07, 6.45) is 3.94. The third-order valence-corrected chi connectivity index (χ3v) is 2.81. The van der Waals surface area contributed by atoms with E-state index in [1.54, 1.807) is 0 Å². The summed E-state index contributed by atoms with van der Waals surface area (Å²) in [5.41, 5.74) is -1.12. The molecule has 13 heavy (non-hydrogen) atoms. The molecule has 4 heteroatoms. The molecule has 0 aromatic carbocycles. The number of nitrogens with zero attached hydrogens (tertiary/aromatic N) is 1. The number of aliphatic hydroxyl groups is 1. The predicted molar refractivity (Wildman–Crippen MR) is 45.7 cm³/mol. The van der Waals surface area contributed by atoms with Crippen molar-refractivity contribution in [2.45, 2.75) is 37.7 Å². The first-order valence-electron chi connectivity index (χ1n) is 4.90. The van der Waals surface area contributed by atoms with Crippen molar-refractivity contribution in [3.05, 3.63) is 0 Å². The summed E-state index contributed by atoms with van der Waals surface area (Å²) >= 11 is 0. The highest BCUT2D eigenvalue weighted by Crippen LogP contribution is 2.31. The van der Waals surface area contributed by atoms with E-state index >= 15 is 0 Å². The van der Waals surface area contributed by atoms with Gasteiger partial charge in [0.15, 0.2) is 0 Å². The number of rotatable bonds is 1. The zero-order valence-corrected chi connectivity index (χ0v) is 7.66. The van der Waals surface area contributed by atoms with Gasteiger partial charge in [-0.3, -0.25) is 9.63 Å². The minimum absolute atomic E-state index is 0.234. The van der Waals surface area contributed by atoms with Gasteiger partial charge in [0.2, 0.25) is 0 Å². The summed E-state index contributed by atoms with van der Waals surface area (Å²) in [7, 11) is 0. The fraction of sp³-hybridized carbons (Fsp3) is 0.889. The van der Waals surface area contributed by atoms with E-state index in [-0.39, 0.29) is 5.91 Å². The maximum atomic E-state index is 11.7. The van der Waals surface area contributed by atoms with Gasteiger partial charge in [-0.2, -0.15) is 0 Å². The van der Waals surface area contributed by atoms with Crippen molar-refractivity contribution in [1.29, 1.82) is 0 Å². The number of carbonyl (C=O) groups excluding carboxylic acids is 1. The number of carbonyl (C=O) groups is 1. The molecule has 0 bridgehead atoms. The van der Waals surface area contributed by atoms with Crippen molar-refractivity contribution in [2.24, 2.45) is 0 Å². The molecule has 0 unspecified atom stereocenters. The van der Waals surface area contributed by atoms with Crippen molar-refractivity contribution >= 4 is 5.91 Å². The first kappa shape index (κ1) is 8.97. The largest absolute Gasteiger partial charge is 0.380 e. The molecule has 2 aliphatic rings. The fourth-order valence-corrected chi connectivity index (χ4v) is 2.01. The van der Waals surface area contributed by atoms with E-state index in [0.29, 0.717) is 26.0 Å². The van der Waals surface area contributed by atoms with Crippen LogP contribution >= 0.6 is 0 Å². The molecule has 0 aromatic heterocycles. The van der Waals surface area contributed by atoms with Crippen molar-refractivity contribution in [2.75, 3.05) is 13.2 Å². The van der Waals surface area contributed by atoms with Crippen LogP contribution in [-0.4, -0.2) is 34.8 Å². The lowest BCUT2D eigenvalue weighted by Gasteiger charge is -2.25. The lowest BCUT2D eigenvalue weighted by Crippen LogP contribution is -2.45. The highest BCUT2D eigenvalue weighted by molar-refractivity contribution is 5.84. The Labute approximate surface area is 77.4 Å². The maximum absolute atomic E-state index is 11.7. The number of hydrogen-bond acceptors (Lipinski definition) is 3. The van der Waals surface area contributed by atoms with Gasteiger partial charge in [0.1, 0.15) is 5.60 Å². The lowest BCUT2D eigenvalue weighted by molar-refractivity contribution is -0.188. The number of hydrogen-bond donors (Lipinski definition) is 1. The first-order valence-corrected chi connectivity index (χ1v) is 4.90. The van der Waals surface area contributed by atoms with Gasteiger partial charge in [0.05, 0.1) is 13.2 Å². The molecule has 4 nitrogen and oxygen atoms in total. The third-order valence-electron chi connectivity index (χ3n) is 2.81. The summed E-state index contributed by atoms with van der Waals surface area (Å²) in [5.74, 6) is -0.234. The highest BCUT2D eigenvalue weighted by Gasteiger charge is 2.42. The Morgan fingerprint density at radius 1 is 1.31 bits per heavy atom. The number of hydroxylamine groups is 2. The molecule has 0 radical (unpaired) electrons. The minimum Gasteiger partial charge on any atom is -0.380 e. The van der Waals surface area contributed by atoms with Crippen LogP contribution in [0.2, 0.25) is 0 Å². The van der Waals surface area contributed by atoms with Gasteiger partial charge in [-0.15, -0.1) is 0 Å². The van der Waals surface area contributed by atoms with Crippen LogP contribution in [0.5, 0.6) is 0 Å². The summed E-state index contributed by atoms with van der Waals surface area (Å²) in [6.45, 7) is 1.23. The zero-order chi connectivity index (χ0) is 9.31. The minimum atomic E-state index is -1.12. The SMILES string of the molecule is O=C(N1CCCO1)C1(O)CCCC1. The standard InChI is InChI=1S/C9H15NO3/c11-8(10-6-3-7-13-10)9(12)4-1-2-5-9/h12H,1-7H2. The monoisotopic (exact) mass is 185 g/mol. The molecular formula is C9H15NO3. The lowest BCUT2D eigenvalue weighted by atomic mass is 10.0. The summed E-state index contributed by atoms with van der Waals surface area (Å²) in [5, 5.41) is 11.3. The van der Waals surface area contributed by atoms with Crippen LogP contribution in [0.15, 0.2) is 0 Å². The molecule has 1 amide bonds. The van der Waals surface area contributed by atoms with Crippen LogP contribution in [0, 0.1) is 0 Å². The molecule has 1 saturated carbocycles. The van der Waals surface area contributed by atoms with Crippen LogP contribution in [0.1, 0.15) is 32.1 Å². The van der Waals surface area contributed by atoms with E-state index in [4.69, 9.17) is 4.84 Å². The second kappa shape index (κ2) is 3.27. The Morgan fingerprint density at radius 3 is 2.54 bits per heavy atom. The highest BCUT2D eigenvalue weighted by atomic mass is 16.7. The van der Waals surface area contributed by atoms with E-state index in [1.807, 2.05) is 0 Å². The molecular weight excluding hydrogens is 170 g/mol. The zero-order valence-electron chi connectivity index (χ0n) is 7.66. The Morgan fingerprint density at radius 2 is 2.00 bits per heavy atom. The molecule has 1 aliphatic carbocycles. The topological polar surface area (TPSA) is 49.8 Å². The fourth-order valence-electron chi connectivity index (χ4n) is 2.01. The van der Waals surface area contributed by atoms with Crippen molar-refractivity contribution in [3.63, 3.8) is 0 Å². The van der Waals surface area contributed by atoms with Crippen LogP contribution in [0.4, 0.5) is 0 Å². The van der Waals surface area contributed by atoms with Crippen LogP contribution in [0.25, 0.3) is 0 Å². The van der Waals surface area contributed by atoms with E-state index in [9.17, 15) is 9.90 Å². The number of amides is 1. The summed E-state index contributed by atoms with van der Waals surface area (Å²) in [4.78, 5) is 16.8. The molecule has 2 rings (SSSR count). The average Bonchev–Trinajstić information content (AvgIpc) is 2.73. The second-order valence-electron chi connectivity index (χ2n) is 3.83. The maximum Gasteiger partial charge on any atom is 0.278 e. The van der Waals surface area contributed by atoms with Gasteiger partial charge in [-0.05, 0) is 32.1 Å². The van der Waals surface area contributed by atoms with E-state index in [1.165, 1.54) is 5.06 Å².